The molecule has 29 heavy (non-hydrogen) atoms. The first-order valence-electron chi connectivity index (χ1n) is 8.91. The number of imide groups is 1. The number of nitrogens with one attached hydrogen (secondary N) is 3. The maximum atomic E-state index is 12.5. The summed E-state index contributed by atoms with van der Waals surface area (Å²) in [4.78, 5) is 35.4. The van der Waals surface area contributed by atoms with Crippen molar-refractivity contribution in [2.24, 2.45) is 0 Å². The number of carbonyl (C=O) groups excluding carboxylic acids is 3. The third-order valence-corrected chi connectivity index (χ3v) is 5.21. The van der Waals surface area contributed by atoms with Gasteiger partial charge in [-0.3, -0.25) is 10.1 Å². The first-order chi connectivity index (χ1) is 13.4. The van der Waals surface area contributed by atoms with Crippen molar-refractivity contribution in [2.75, 3.05) is 13.7 Å². The Morgan fingerprint density at radius 2 is 1.83 bits per heavy atom. The lowest BCUT2D eigenvalue weighted by Gasteiger charge is -2.20. The molecule has 3 N–H and O–H groups in total. The van der Waals surface area contributed by atoms with Crippen molar-refractivity contribution in [1.82, 2.24) is 15.4 Å². The molecule has 1 fully saturated rings. The minimum atomic E-state index is -3.88. The maximum absolute atomic E-state index is 12.5. The molecule has 1 aromatic rings. The highest BCUT2D eigenvalue weighted by atomic mass is 32.2. The molecule has 160 valence electrons. The van der Waals surface area contributed by atoms with Gasteiger partial charge in [0.05, 0.1) is 12.7 Å². The third kappa shape index (κ3) is 7.02. The van der Waals surface area contributed by atoms with E-state index in [0.717, 1.165) is 18.9 Å². The molecule has 0 heterocycles. The Kier molecular flexibility index (Phi) is 6.85. The van der Waals surface area contributed by atoms with Gasteiger partial charge in [0, 0.05) is 11.6 Å². The lowest BCUT2D eigenvalue weighted by atomic mass is 10.1. The van der Waals surface area contributed by atoms with E-state index in [1.807, 2.05) is 5.32 Å². The summed E-state index contributed by atoms with van der Waals surface area (Å²) < 4.78 is 37.4. The minimum absolute atomic E-state index is 0.0751. The summed E-state index contributed by atoms with van der Waals surface area (Å²) in [6.07, 6.45) is 1.50. The van der Waals surface area contributed by atoms with Gasteiger partial charge in [0.1, 0.15) is 10.6 Å². The van der Waals surface area contributed by atoms with Crippen molar-refractivity contribution in [3.8, 4) is 5.75 Å². The molecule has 0 radical (unpaired) electrons. The van der Waals surface area contributed by atoms with Crippen LogP contribution in [0, 0.1) is 0 Å². The number of carbonyl (C=O) groups is 3. The molecule has 0 atom stereocenters. The van der Waals surface area contributed by atoms with E-state index in [-0.39, 0.29) is 22.3 Å². The van der Waals surface area contributed by atoms with Gasteiger partial charge in [-0.05, 0) is 51.8 Å². The Morgan fingerprint density at radius 1 is 1.17 bits per heavy atom. The first kappa shape index (κ1) is 22.6. The number of hydrogen-bond acceptors (Lipinski definition) is 7. The predicted octanol–water partition coefficient (Wildman–Crippen LogP) is 0.917. The molecule has 2 rings (SSSR count). The summed E-state index contributed by atoms with van der Waals surface area (Å²) in [5.74, 6) is -1.66. The Hall–Kier alpha value is -2.66. The van der Waals surface area contributed by atoms with Gasteiger partial charge in [-0.15, -0.1) is 0 Å². The van der Waals surface area contributed by atoms with E-state index >= 15 is 0 Å². The van der Waals surface area contributed by atoms with E-state index in [2.05, 4.69) is 10.0 Å². The summed E-state index contributed by atoms with van der Waals surface area (Å²) >= 11 is 0. The summed E-state index contributed by atoms with van der Waals surface area (Å²) in [5, 5.41) is 4.56. The molecule has 0 unspecified atom stereocenters. The number of sulfonamides is 1. The number of methoxy groups -OCH3 is 1. The van der Waals surface area contributed by atoms with Crippen LogP contribution in [0.3, 0.4) is 0 Å². The van der Waals surface area contributed by atoms with Crippen molar-refractivity contribution < 1.29 is 32.3 Å². The molecule has 10 nitrogen and oxygen atoms in total. The van der Waals surface area contributed by atoms with E-state index in [1.54, 1.807) is 20.8 Å². The van der Waals surface area contributed by atoms with Crippen molar-refractivity contribution in [3.05, 3.63) is 23.8 Å². The second-order valence-electron chi connectivity index (χ2n) is 7.59. The van der Waals surface area contributed by atoms with E-state index in [9.17, 15) is 22.8 Å². The van der Waals surface area contributed by atoms with Crippen LogP contribution in [0.4, 0.5) is 4.79 Å². The summed E-state index contributed by atoms with van der Waals surface area (Å²) in [7, 11) is -2.56. The van der Waals surface area contributed by atoms with Crippen molar-refractivity contribution >= 4 is 27.9 Å². The monoisotopic (exact) mass is 427 g/mol. The normalized spacial score (nSPS) is 14.1. The first-order valence-corrected chi connectivity index (χ1v) is 10.4. The van der Waals surface area contributed by atoms with Gasteiger partial charge in [-0.2, -0.15) is 0 Å². The molecular formula is C18H25N3O7S. The number of ether oxygens (including phenoxy) is 2. The van der Waals surface area contributed by atoms with Crippen LogP contribution < -0.4 is 20.1 Å². The van der Waals surface area contributed by atoms with E-state index in [4.69, 9.17) is 9.47 Å². The van der Waals surface area contributed by atoms with Gasteiger partial charge >= 0.3 is 12.0 Å². The average Bonchev–Trinajstić information content (AvgIpc) is 3.40. The Balaban J connectivity index is 2.02. The van der Waals surface area contributed by atoms with Gasteiger partial charge in [0.2, 0.25) is 10.0 Å². The molecule has 3 amide bonds. The largest absolute Gasteiger partial charge is 0.495 e. The highest BCUT2D eigenvalue weighted by molar-refractivity contribution is 7.89. The summed E-state index contributed by atoms with van der Waals surface area (Å²) in [6.45, 7) is 4.52. The zero-order valence-electron chi connectivity index (χ0n) is 16.7. The lowest BCUT2D eigenvalue weighted by Crippen LogP contribution is -2.49. The Labute approximate surface area is 169 Å². The number of amides is 3. The molecule has 0 aromatic heterocycles. The zero-order valence-corrected chi connectivity index (χ0v) is 17.5. The average molecular weight is 427 g/mol. The highest BCUT2D eigenvalue weighted by Gasteiger charge is 2.30. The molecule has 1 aromatic carbocycles. The minimum Gasteiger partial charge on any atom is -0.495 e. The van der Waals surface area contributed by atoms with Gasteiger partial charge in [0.25, 0.3) is 5.91 Å². The van der Waals surface area contributed by atoms with Gasteiger partial charge in [-0.1, -0.05) is 0 Å². The predicted molar refractivity (Wildman–Crippen MR) is 103 cm³/mol. The molecule has 1 aliphatic rings. The fourth-order valence-electron chi connectivity index (χ4n) is 2.25. The van der Waals surface area contributed by atoms with E-state index in [1.165, 1.54) is 19.2 Å². The van der Waals surface area contributed by atoms with Crippen molar-refractivity contribution in [2.45, 2.75) is 50.1 Å². The van der Waals surface area contributed by atoms with Crippen LogP contribution >= 0.6 is 0 Å². The lowest BCUT2D eigenvalue weighted by molar-refractivity contribution is -0.123. The molecule has 0 saturated heterocycles. The standard InChI is InChI=1S/C18H25N3O7S/c1-18(2,3)20-17(24)19-15(22)10-28-16(23)11-5-8-13(27-4)14(9-11)29(25,26)21-12-6-7-12/h5,8-9,12,21H,6-7,10H2,1-4H3,(H2,19,20,22,24). The van der Waals surface area contributed by atoms with E-state index in [0.29, 0.717) is 0 Å². The van der Waals surface area contributed by atoms with Gasteiger partial charge < -0.3 is 14.8 Å². The number of esters is 1. The maximum Gasteiger partial charge on any atom is 0.338 e. The second-order valence-corrected chi connectivity index (χ2v) is 9.27. The summed E-state index contributed by atoms with van der Waals surface area (Å²) in [5.41, 5.74) is -0.616. The summed E-state index contributed by atoms with van der Waals surface area (Å²) in [6, 6.07) is 2.93. The third-order valence-electron chi connectivity index (χ3n) is 3.66. The number of hydrogen-bond donors (Lipinski definition) is 3. The molecular weight excluding hydrogens is 402 g/mol. The Morgan fingerprint density at radius 3 is 2.38 bits per heavy atom. The van der Waals surface area contributed by atoms with Gasteiger partial charge in [-0.25, -0.2) is 22.7 Å². The molecule has 11 heteroatoms. The molecule has 0 aliphatic heterocycles. The second kappa shape index (κ2) is 8.78. The Bertz CT molecular complexity index is 903. The van der Waals surface area contributed by atoms with Crippen LogP contribution in [-0.4, -0.2) is 51.6 Å². The zero-order chi connectivity index (χ0) is 21.8. The van der Waals surface area contributed by atoms with E-state index < -0.39 is 40.1 Å². The van der Waals surface area contributed by atoms with Gasteiger partial charge in [0.15, 0.2) is 6.61 Å². The number of benzene rings is 1. The fraction of sp³-hybridized carbons (Fsp3) is 0.500. The molecule has 1 saturated carbocycles. The quantitative estimate of drug-likeness (QED) is 0.550. The molecule has 0 bridgehead atoms. The molecule has 1 aliphatic carbocycles. The molecule has 0 spiro atoms. The SMILES string of the molecule is COc1ccc(C(=O)OCC(=O)NC(=O)NC(C)(C)C)cc1S(=O)(=O)NC1CC1. The highest BCUT2D eigenvalue weighted by Crippen LogP contribution is 2.28. The van der Waals surface area contributed by atoms with Crippen LogP contribution in [-0.2, 0) is 19.6 Å². The number of rotatable bonds is 7. The number of urea groups is 1. The smallest absolute Gasteiger partial charge is 0.338 e. The fourth-order valence-corrected chi connectivity index (χ4v) is 3.75. The van der Waals surface area contributed by atoms with Crippen LogP contribution in [0.2, 0.25) is 0 Å². The van der Waals surface area contributed by atoms with Crippen molar-refractivity contribution in [1.29, 1.82) is 0 Å². The van der Waals surface area contributed by atoms with Crippen LogP contribution in [0.15, 0.2) is 23.1 Å². The van der Waals surface area contributed by atoms with Crippen LogP contribution in [0.25, 0.3) is 0 Å². The van der Waals surface area contributed by atoms with Crippen LogP contribution in [0.5, 0.6) is 5.75 Å². The topological polar surface area (TPSA) is 140 Å². The van der Waals surface area contributed by atoms with Crippen LogP contribution in [0.1, 0.15) is 44.0 Å². The van der Waals surface area contributed by atoms with Crippen molar-refractivity contribution in [3.63, 3.8) is 0 Å².